The molecule has 0 fully saturated rings. The average molecular weight is 819 g/mol. The maximum Gasteiger partial charge on any atom is 0.0497 e. The number of fused-ring (bicyclic) bond motifs is 6. The van der Waals surface area contributed by atoms with Crippen molar-refractivity contribution < 1.29 is 0 Å². The van der Waals surface area contributed by atoms with Gasteiger partial charge in [0, 0.05) is 46.5 Å². The Morgan fingerprint density at radius 3 is 1.75 bits per heavy atom. The molecule has 64 heavy (non-hydrogen) atoms. The summed E-state index contributed by atoms with van der Waals surface area (Å²) in [5, 5.41) is 5.02. The highest BCUT2D eigenvalue weighted by molar-refractivity contribution is 6.22. The van der Waals surface area contributed by atoms with Crippen LogP contribution in [0.4, 0.5) is 28.4 Å². The molecule has 0 amide bonds. The zero-order chi connectivity index (χ0) is 42.1. The smallest absolute Gasteiger partial charge is 0.0497 e. The van der Waals surface area contributed by atoms with Crippen molar-refractivity contribution in [3.05, 3.63) is 251 Å². The first kappa shape index (κ1) is 36.9. The first-order chi connectivity index (χ1) is 31.7. The number of anilines is 5. The quantitative estimate of drug-likeness (QED) is 0.160. The van der Waals surface area contributed by atoms with Crippen LogP contribution in [0.5, 0.6) is 0 Å². The molecule has 1 atom stereocenters. The summed E-state index contributed by atoms with van der Waals surface area (Å²) in [5.41, 5.74) is 22.1. The van der Waals surface area contributed by atoms with E-state index in [9.17, 15) is 0 Å². The first-order valence-electron chi connectivity index (χ1n) is 22.9. The topological polar surface area (TPSA) is 6.48 Å². The van der Waals surface area contributed by atoms with Gasteiger partial charge >= 0.3 is 0 Å². The number of hydrogen-bond acceptors (Lipinski definition) is 2. The van der Waals surface area contributed by atoms with Gasteiger partial charge in [0.05, 0.1) is 0 Å². The van der Waals surface area contributed by atoms with Crippen LogP contribution in [0.2, 0.25) is 0 Å². The maximum absolute atomic E-state index is 2.54. The summed E-state index contributed by atoms with van der Waals surface area (Å²) < 4.78 is 0. The Bertz CT molecular complexity index is 3390. The van der Waals surface area contributed by atoms with Crippen LogP contribution in [0.1, 0.15) is 58.6 Å². The summed E-state index contributed by atoms with van der Waals surface area (Å²) in [6.45, 7) is 0. The van der Waals surface area contributed by atoms with Gasteiger partial charge in [-0.25, -0.2) is 0 Å². The van der Waals surface area contributed by atoms with Gasteiger partial charge in [0.1, 0.15) is 0 Å². The highest BCUT2D eigenvalue weighted by atomic mass is 15.2. The van der Waals surface area contributed by atoms with Crippen molar-refractivity contribution in [1.29, 1.82) is 0 Å². The second kappa shape index (κ2) is 15.0. The molecule has 2 aliphatic carbocycles. The van der Waals surface area contributed by atoms with E-state index in [4.69, 9.17) is 0 Å². The summed E-state index contributed by atoms with van der Waals surface area (Å²) in [5.74, 6) is 0.289. The molecule has 2 heteroatoms. The van der Waals surface area contributed by atoms with Crippen molar-refractivity contribution in [3.63, 3.8) is 0 Å². The summed E-state index contributed by atoms with van der Waals surface area (Å²) in [4.78, 5) is 5.02. The predicted octanol–water partition coefficient (Wildman–Crippen LogP) is 16.5. The Morgan fingerprint density at radius 1 is 0.422 bits per heavy atom. The second-order valence-electron chi connectivity index (χ2n) is 17.9. The van der Waals surface area contributed by atoms with E-state index in [-0.39, 0.29) is 5.92 Å². The van der Waals surface area contributed by atoms with Crippen LogP contribution in [0.25, 0.3) is 49.9 Å². The second-order valence-corrected chi connectivity index (χ2v) is 17.9. The summed E-state index contributed by atoms with van der Waals surface area (Å²) >= 11 is 0. The normalized spacial score (nSPS) is 16.0. The fourth-order valence-corrected chi connectivity index (χ4v) is 11.4. The number of allylic oxidation sites excluding steroid dienone is 4. The Labute approximate surface area is 375 Å². The molecule has 304 valence electrons. The molecule has 4 aliphatic rings. The molecular weight excluding hydrogens is 773 g/mol. The molecule has 2 aliphatic heterocycles. The van der Waals surface area contributed by atoms with E-state index >= 15 is 0 Å². The molecule has 0 bridgehead atoms. The minimum Gasteiger partial charge on any atom is -0.310 e. The molecule has 1 unspecified atom stereocenters. The van der Waals surface area contributed by atoms with Crippen LogP contribution in [-0.2, 0) is 12.8 Å². The third kappa shape index (κ3) is 5.93. The largest absolute Gasteiger partial charge is 0.310 e. The molecule has 0 radical (unpaired) electrons. The van der Waals surface area contributed by atoms with Crippen LogP contribution in [0.15, 0.2) is 218 Å². The minimum atomic E-state index is 0.289. The summed E-state index contributed by atoms with van der Waals surface area (Å²) in [6.07, 6.45) is 14.5. The predicted molar refractivity (Wildman–Crippen MR) is 269 cm³/mol. The van der Waals surface area contributed by atoms with Gasteiger partial charge in [-0.05, 0) is 157 Å². The Morgan fingerprint density at radius 2 is 1.02 bits per heavy atom. The molecule has 9 aromatic carbocycles. The molecule has 0 spiro atoms. The van der Waals surface area contributed by atoms with Crippen LogP contribution >= 0.6 is 0 Å². The van der Waals surface area contributed by atoms with E-state index in [0.717, 1.165) is 32.1 Å². The van der Waals surface area contributed by atoms with Crippen molar-refractivity contribution in [1.82, 2.24) is 0 Å². The third-order valence-electron chi connectivity index (χ3n) is 14.3. The highest BCUT2D eigenvalue weighted by Gasteiger charge is 2.29. The summed E-state index contributed by atoms with van der Waals surface area (Å²) in [7, 11) is 0. The van der Waals surface area contributed by atoms with E-state index in [0.29, 0.717) is 0 Å². The van der Waals surface area contributed by atoms with Gasteiger partial charge in [-0.2, -0.15) is 0 Å². The molecular formula is C62H46N2. The zero-order valence-corrected chi connectivity index (χ0v) is 35.7. The standard InChI is InChI=1S/C62H46N2/c1-2-17-42(18-3-1)61-53-34-32-50(64-59-30-12-7-21-46(59)38-47-22-8-13-31-60(47)64)40-56(53)62(48-25-14-24-43(36-48)52-27-15-23-41-16-4-9-26-51(41)52)54-35-33-49(39-55(54)61)63-57-28-10-5-19-44(57)37-45-20-6-11-29-58(45)63/h1-7,9-21,23-26,28-36,39-40,52H,8,22,27,37-38H2. The minimum absolute atomic E-state index is 0.289. The Balaban J connectivity index is 1.11. The monoisotopic (exact) mass is 818 g/mol. The fourth-order valence-electron chi connectivity index (χ4n) is 11.4. The maximum atomic E-state index is 2.54. The number of rotatable bonds is 5. The zero-order valence-electron chi connectivity index (χ0n) is 35.7. The molecule has 0 aromatic heterocycles. The number of nitrogens with zero attached hydrogens (tertiary/aromatic N) is 2. The van der Waals surface area contributed by atoms with Crippen LogP contribution in [0, 0.1) is 0 Å². The molecule has 2 nitrogen and oxygen atoms in total. The SMILES string of the molecule is C1=CC2=C(CC1)Cc1ccccc1N2c1ccc2c(-c3ccccc3)c3cc(N4c5ccccc5Cc5ccccc54)ccc3c(-c3cccc(C4CC=Cc5ccccc54)c3)c2c1. The molecule has 0 N–H and O–H groups in total. The van der Waals surface area contributed by atoms with Gasteiger partial charge in [0.2, 0.25) is 0 Å². The van der Waals surface area contributed by atoms with Crippen molar-refractivity contribution in [2.45, 2.75) is 38.0 Å². The van der Waals surface area contributed by atoms with Gasteiger partial charge in [-0.15, -0.1) is 0 Å². The van der Waals surface area contributed by atoms with E-state index in [1.807, 2.05) is 0 Å². The molecule has 0 saturated carbocycles. The third-order valence-corrected chi connectivity index (χ3v) is 14.3. The Kier molecular flexibility index (Phi) is 8.65. The van der Waals surface area contributed by atoms with E-state index in [1.165, 1.54) is 117 Å². The average Bonchev–Trinajstić information content (AvgIpc) is 3.36. The molecule has 13 rings (SSSR count). The van der Waals surface area contributed by atoms with Gasteiger partial charge < -0.3 is 9.80 Å². The molecule has 0 saturated heterocycles. The van der Waals surface area contributed by atoms with Crippen molar-refractivity contribution in [2.75, 3.05) is 9.80 Å². The summed E-state index contributed by atoms with van der Waals surface area (Å²) in [6, 6.07) is 70.9. The molecule has 2 heterocycles. The van der Waals surface area contributed by atoms with Crippen molar-refractivity contribution in [3.8, 4) is 22.3 Å². The number of para-hydroxylation sites is 3. The lowest BCUT2D eigenvalue weighted by Gasteiger charge is -2.36. The van der Waals surface area contributed by atoms with Gasteiger partial charge in [-0.1, -0.05) is 164 Å². The number of benzene rings is 9. The molecule has 9 aromatic rings. The lowest BCUT2D eigenvalue weighted by Crippen LogP contribution is -2.24. The van der Waals surface area contributed by atoms with Gasteiger partial charge in [-0.3, -0.25) is 0 Å². The van der Waals surface area contributed by atoms with E-state index in [1.54, 1.807) is 0 Å². The first-order valence-corrected chi connectivity index (χ1v) is 22.9. The van der Waals surface area contributed by atoms with Gasteiger partial charge in [0.15, 0.2) is 0 Å². The lowest BCUT2D eigenvalue weighted by atomic mass is 9.80. The lowest BCUT2D eigenvalue weighted by molar-refractivity contribution is 0.820. The van der Waals surface area contributed by atoms with E-state index < -0.39 is 0 Å². The van der Waals surface area contributed by atoms with Crippen LogP contribution < -0.4 is 9.80 Å². The van der Waals surface area contributed by atoms with E-state index in [2.05, 4.69) is 222 Å². The van der Waals surface area contributed by atoms with Gasteiger partial charge in [0.25, 0.3) is 0 Å². The number of hydrogen-bond donors (Lipinski definition) is 0. The van der Waals surface area contributed by atoms with Crippen LogP contribution in [0.3, 0.4) is 0 Å². The van der Waals surface area contributed by atoms with Crippen LogP contribution in [-0.4, -0.2) is 0 Å². The fraction of sp³-hybridized carbons (Fsp3) is 0.0968. The Hall–Kier alpha value is -7.68. The van der Waals surface area contributed by atoms with Crippen molar-refractivity contribution in [2.24, 2.45) is 0 Å². The van der Waals surface area contributed by atoms with Crippen molar-refractivity contribution >= 4 is 56.1 Å². The highest BCUT2D eigenvalue weighted by Crippen LogP contribution is 2.51.